The van der Waals surface area contributed by atoms with Crippen LogP contribution in [0.5, 0.6) is 0 Å². The first-order valence-electron chi connectivity index (χ1n) is 5.61. The highest BCUT2D eigenvalue weighted by molar-refractivity contribution is 7.91. The van der Waals surface area contributed by atoms with Gasteiger partial charge < -0.3 is 10.3 Å². The lowest BCUT2D eigenvalue weighted by Crippen LogP contribution is -2.24. The van der Waals surface area contributed by atoms with Crippen molar-refractivity contribution in [2.45, 2.75) is 26.3 Å². The normalized spacial score (nSPS) is 11.6. The van der Waals surface area contributed by atoms with Crippen LogP contribution in [0.3, 0.4) is 0 Å². The fourth-order valence-electron chi connectivity index (χ4n) is 1.43. The molecule has 0 aliphatic heterocycles. The van der Waals surface area contributed by atoms with Crippen LogP contribution in [0.1, 0.15) is 19.8 Å². The zero-order valence-corrected chi connectivity index (χ0v) is 10.7. The molecule has 0 fully saturated rings. The summed E-state index contributed by atoms with van der Waals surface area (Å²) in [4.78, 5) is 11.4. The van der Waals surface area contributed by atoms with Crippen LogP contribution in [-0.2, 0) is 16.4 Å². The average Bonchev–Trinajstić information content (AvgIpc) is 2.28. The fraction of sp³-hybridized carbons (Fsp3) is 0.545. The third-order valence-electron chi connectivity index (χ3n) is 2.46. The first-order valence-corrected chi connectivity index (χ1v) is 7.43. The molecule has 6 heteroatoms. The van der Waals surface area contributed by atoms with Gasteiger partial charge in [0.25, 0.3) is 5.56 Å². The zero-order chi connectivity index (χ0) is 12.9. The van der Waals surface area contributed by atoms with Crippen molar-refractivity contribution in [2.24, 2.45) is 0 Å². The third-order valence-corrected chi connectivity index (χ3v) is 4.17. The van der Waals surface area contributed by atoms with Crippen LogP contribution in [0.15, 0.2) is 23.1 Å². The average molecular weight is 258 g/mol. The van der Waals surface area contributed by atoms with Crippen LogP contribution < -0.4 is 11.3 Å². The molecule has 0 bridgehead atoms. The number of hydrogen-bond acceptors (Lipinski definition) is 4. The highest BCUT2D eigenvalue weighted by Gasteiger charge is 2.10. The largest absolute Gasteiger partial charge is 0.398 e. The summed E-state index contributed by atoms with van der Waals surface area (Å²) in [5.74, 6) is 0.164. The van der Waals surface area contributed by atoms with E-state index in [-0.39, 0.29) is 23.6 Å². The van der Waals surface area contributed by atoms with Crippen LogP contribution in [-0.4, -0.2) is 24.5 Å². The molecule has 0 aromatic carbocycles. The molecule has 1 aromatic heterocycles. The Hall–Kier alpha value is -1.30. The van der Waals surface area contributed by atoms with Crippen molar-refractivity contribution in [2.75, 3.05) is 17.2 Å². The van der Waals surface area contributed by atoms with E-state index < -0.39 is 9.84 Å². The van der Waals surface area contributed by atoms with Crippen LogP contribution in [0.4, 0.5) is 5.69 Å². The maximum Gasteiger partial charge on any atom is 0.250 e. The van der Waals surface area contributed by atoms with E-state index in [4.69, 9.17) is 5.73 Å². The molecule has 0 aliphatic carbocycles. The maximum atomic E-state index is 11.6. The number of unbranched alkanes of at least 4 members (excludes halogenated alkanes) is 1. The summed E-state index contributed by atoms with van der Waals surface area (Å²) in [7, 11) is -3.07. The van der Waals surface area contributed by atoms with Gasteiger partial charge >= 0.3 is 0 Å². The molecule has 17 heavy (non-hydrogen) atoms. The van der Waals surface area contributed by atoms with E-state index >= 15 is 0 Å². The van der Waals surface area contributed by atoms with Crippen molar-refractivity contribution in [3.63, 3.8) is 0 Å². The summed E-state index contributed by atoms with van der Waals surface area (Å²) in [6.07, 6.45) is 2.98. The second-order valence-corrected chi connectivity index (χ2v) is 6.30. The molecule has 0 aliphatic rings. The zero-order valence-electron chi connectivity index (χ0n) is 9.93. The number of sulfone groups is 1. The molecule has 0 amide bonds. The number of nitrogen functional groups attached to an aromatic ring is 1. The van der Waals surface area contributed by atoms with Gasteiger partial charge in [0.1, 0.15) is 0 Å². The second kappa shape index (κ2) is 5.86. The van der Waals surface area contributed by atoms with Gasteiger partial charge in [-0.3, -0.25) is 4.79 Å². The van der Waals surface area contributed by atoms with Gasteiger partial charge in [-0.2, -0.15) is 0 Å². The molecule has 0 radical (unpaired) electrons. The van der Waals surface area contributed by atoms with E-state index in [2.05, 4.69) is 0 Å². The fourth-order valence-corrected chi connectivity index (χ4v) is 2.84. The van der Waals surface area contributed by atoms with Crippen LogP contribution in [0.2, 0.25) is 0 Å². The Bertz CT molecular complexity index is 520. The van der Waals surface area contributed by atoms with Gasteiger partial charge in [-0.15, -0.1) is 0 Å². The second-order valence-electron chi connectivity index (χ2n) is 4.00. The Morgan fingerprint density at radius 1 is 1.29 bits per heavy atom. The van der Waals surface area contributed by atoms with E-state index in [1.807, 2.05) is 6.92 Å². The minimum Gasteiger partial charge on any atom is -0.398 e. The molecule has 2 N–H and O–H groups in total. The lowest BCUT2D eigenvalue weighted by molar-refractivity contribution is 0.584. The third kappa shape index (κ3) is 4.60. The predicted octanol–water partition coefficient (Wildman–Crippen LogP) is 0.645. The lowest BCUT2D eigenvalue weighted by atomic mass is 10.4. The van der Waals surface area contributed by atoms with Crippen LogP contribution >= 0.6 is 0 Å². The molecular weight excluding hydrogens is 240 g/mol. The number of nitrogens with two attached hydrogens (primary N) is 1. The Morgan fingerprint density at radius 3 is 2.65 bits per heavy atom. The molecule has 0 atom stereocenters. The minimum absolute atomic E-state index is 0.0175. The van der Waals surface area contributed by atoms with Crippen molar-refractivity contribution < 1.29 is 8.42 Å². The molecule has 0 unspecified atom stereocenters. The van der Waals surface area contributed by atoms with Gasteiger partial charge in [0.05, 0.1) is 11.5 Å². The van der Waals surface area contributed by atoms with E-state index in [1.165, 1.54) is 22.9 Å². The summed E-state index contributed by atoms with van der Waals surface area (Å²) in [5.41, 5.74) is 5.76. The summed E-state index contributed by atoms with van der Waals surface area (Å²) < 4.78 is 24.6. The standard InChI is InChI=1S/C11H18N2O3S/c1-2-3-7-17(15,16)8-6-13-9-10(12)4-5-11(13)14/h4-5,9H,2-3,6-8,12H2,1H3. The van der Waals surface area contributed by atoms with Crippen molar-refractivity contribution in [1.82, 2.24) is 4.57 Å². The molecule has 0 saturated heterocycles. The predicted molar refractivity (Wildman–Crippen MR) is 68.7 cm³/mol. The highest BCUT2D eigenvalue weighted by Crippen LogP contribution is 2.00. The minimum atomic E-state index is -3.07. The molecule has 1 rings (SSSR count). The first kappa shape index (κ1) is 13.8. The number of anilines is 1. The van der Waals surface area contributed by atoms with Crippen molar-refractivity contribution in [3.05, 3.63) is 28.7 Å². The Labute approximate surface area is 101 Å². The molecular formula is C11H18N2O3S. The summed E-state index contributed by atoms with van der Waals surface area (Å²) in [6, 6.07) is 2.85. The van der Waals surface area contributed by atoms with Crippen molar-refractivity contribution in [3.8, 4) is 0 Å². The summed E-state index contributed by atoms with van der Waals surface area (Å²) in [6.45, 7) is 2.10. The van der Waals surface area contributed by atoms with E-state index in [1.54, 1.807) is 0 Å². The van der Waals surface area contributed by atoms with Gasteiger partial charge in [-0.25, -0.2) is 8.42 Å². The monoisotopic (exact) mass is 258 g/mol. The Morgan fingerprint density at radius 2 is 2.00 bits per heavy atom. The van der Waals surface area contributed by atoms with Crippen molar-refractivity contribution >= 4 is 15.5 Å². The van der Waals surface area contributed by atoms with Crippen LogP contribution in [0.25, 0.3) is 0 Å². The van der Waals surface area contributed by atoms with Crippen molar-refractivity contribution in [1.29, 1.82) is 0 Å². The van der Waals surface area contributed by atoms with Gasteiger partial charge in [0, 0.05) is 24.5 Å². The van der Waals surface area contributed by atoms with Gasteiger partial charge in [-0.05, 0) is 12.5 Å². The number of hydrogen-bond donors (Lipinski definition) is 1. The van der Waals surface area contributed by atoms with Gasteiger partial charge in [0.15, 0.2) is 9.84 Å². The maximum absolute atomic E-state index is 11.6. The SMILES string of the molecule is CCCCS(=O)(=O)CCn1cc(N)ccc1=O. The quantitative estimate of drug-likeness (QED) is 0.812. The van der Waals surface area contributed by atoms with Crippen LogP contribution in [0, 0.1) is 0 Å². The molecule has 5 nitrogen and oxygen atoms in total. The molecule has 96 valence electrons. The molecule has 1 aromatic rings. The number of nitrogens with zero attached hydrogens (tertiary/aromatic N) is 1. The van der Waals surface area contributed by atoms with Gasteiger partial charge in [-0.1, -0.05) is 13.3 Å². The first-order chi connectivity index (χ1) is 7.94. The van der Waals surface area contributed by atoms with E-state index in [0.29, 0.717) is 12.1 Å². The number of pyridine rings is 1. The topological polar surface area (TPSA) is 82.2 Å². The van der Waals surface area contributed by atoms with Gasteiger partial charge in [0.2, 0.25) is 0 Å². The highest BCUT2D eigenvalue weighted by atomic mass is 32.2. The Kier molecular flexibility index (Phi) is 4.74. The molecule has 0 spiro atoms. The van der Waals surface area contributed by atoms with E-state index in [9.17, 15) is 13.2 Å². The molecule has 0 saturated carbocycles. The summed E-state index contributed by atoms with van der Waals surface area (Å²) in [5, 5.41) is 0. The lowest BCUT2D eigenvalue weighted by Gasteiger charge is -2.07. The summed E-state index contributed by atoms with van der Waals surface area (Å²) >= 11 is 0. The van der Waals surface area contributed by atoms with E-state index in [0.717, 1.165) is 6.42 Å². The number of aryl methyl sites for hydroxylation is 1. The smallest absolute Gasteiger partial charge is 0.250 e. The Balaban J connectivity index is 2.67. The molecule has 1 heterocycles. The number of rotatable bonds is 6. The number of aromatic nitrogens is 1.